The predicted molar refractivity (Wildman–Crippen MR) is 139 cm³/mol. The van der Waals surface area contributed by atoms with Gasteiger partial charge in [0.15, 0.2) is 5.78 Å². The number of aromatic hydroxyl groups is 2. The fraction of sp³-hybridized carbons (Fsp3) is 0.103. The number of thioether (sulfide) groups is 1. The van der Waals surface area contributed by atoms with Crippen molar-refractivity contribution in [3.05, 3.63) is 114 Å². The Morgan fingerprint density at radius 3 is 2.28 bits per heavy atom. The topological polar surface area (TPSA) is 77.8 Å². The van der Waals surface area contributed by atoms with Gasteiger partial charge < -0.3 is 15.1 Å². The van der Waals surface area contributed by atoms with E-state index in [1.807, 2.05) is 42.5 Å². The smallest absolute Gasteiger partial charge is 0.243 e. The molecule has 4 aromatic carbocycles. The molecule has 4 aromatic rings. The van der Waals surface area contributed by atoms with Gasteiger partial charge in [0, 0.05) is 16.8 Å². The molecule has 5 rings (SSSR count). The monoisotopic (exact) mass is 499 g/mol. The lowest BCUT2D eigenvalue weighted by Crippen LogP contribution is -2.57. The molecule has 0 aromatic heterocycles. The third kappa shape index (κ3) is 4.57. The van der Waals surface area contributed by atoms with Crippen LogP contribution in [0.2, 0.25) is 0 Å². The number of anilines is 1. The summed E-state index contributed by atoms with van der Waals surface area (Å²) in [6, 6.07) is 26.0. The number of hydrogen-bond acceptors (Lipinski definition) is 5. The summed E-state index contributed by atoms with van der Waals surface area (Å²) in [5, 5.41) is 20.2. The van der Waals surface area contributed by atoms with E-state index < -0.39 is 17.1 Å². The van der Waals surface area contributed by atoms with Crippen molar-refractivity contribution in [2.75, 3.05) is 10.7 Å². The molecule has 180 valence electrons. The van der Waals surface area contributed by atoms with E-state index in [2.05, 4.69) is 0 Å². The largest absolute Gasteiger partial charge is 0.508 e. The summed E-state index contributed by atoms with van der Waals surface area (Å²) in [5.41, 5.74) is 3.11. The second-order valence-corrected chi connectivity index (χ2v) is 9.60. The fourth-order valence-corrected chi connectivity index (χ4v) is 5.55. The van der Waals surface area contributed by atoms with Gasteiger partial charge in [0.1, 0.15) is 22.6 Å². The fourth-order valence-electron chi connectivity index (χ4n) is 4.35. The van der Waals surface area contributed by atoms with Crippen molar-refractivity contribution in [2.24, 2.45) is 0 Å². The lowest BCUT2D eigenvalue weighted by molar-refractivity contribution is -0.123. The van der Waals surface area contributed by atoms with Gasteiger partial charge in [-0.2, -0.15) is 0 Å². The number of nitrogens with zero attached hydrogens (tertiary/aromatic N) is 1. The van der Waals surface area contributed by atoms with Gasteiger partial charge >= 0.3 is 0 Å². The van der Waals surface area contributed by atoms with Crippen LogP contribution >= 0.6 is 11.8 Å². The maximum absolute atomic E-state index is 13.2. The molecule has 2 unspecified atom stereocenters. The van der Waals surface area contributed by atoms with Gasteiger partial charge in [0.2, 0.25) is 5.91 Å². The summed E-state index contributed by atoms with van der Waals surface area (Å²) < 4.78 is 13.2. The number of ketones is 1. The lowest BCUT2D eigenvalue weighted by Gasteiger charge is -2.47. The summed E-state index contributed by atoms with van der Waals surface area (Å²) in [6.07, 6.45) is 0. The summed E-state index contributed by atoms with van der Waals surface area (Å²) in [4.78, 5) is 27.5. The normalized spacial score (nSPS) is 17.0. The summed E-state index contributed by atoms with van der Waals surface area (Å²) >= 11 is 1.21. The molecule has 1 aliphatic heterocycles. The Morgan fingerprint density at radius 2 is 1.58 bits per heavy atom. The highest BCUT2D eigenvalue weighted by Crippen LogP contribution is 2.48. The SMILES string of the molecule is O=C(CSC1C(=O)N(c2ccccc2)C1c1ccc(-c2cccc(O)c2)cc1O)c1ccc(F)cc1. The van der Waals surface area contributed by atoms with E-state index in [1.54, 1.807) is 35.2 Å². The van der Waals surface area contributed by atoms with Crippen molar-refractivity contribution >= 4 is 29.1 Å². The van der Waals surface area contributed by atoms with E-state index in [9.17, 15) is 24.2 Å². The van der Waals surface area contributed by atoms with E-state index in [0.717, 1.165) is 11.1 Å². The molecule has 1 fully saturated rings. The van der Waals surface area contributed by atoms with E-state index in [1.165, 1.54) is 36.0 Å². The molecule has 0 bridgehead atoms. The van der Waals surface area contributed by atoms with Crippen LogP contribution in [0.3, 0.4) is 0 Å². The molecule has 5 nitrogen and oxygen atoms in total. The zero-order valence-corrected chi connectivity index (χ0v) is 19.9. The van der Waals surface area contributed by atoms with Gasteiger partial charge in [-0.05, 0) is 65.7 Å². The highest BCUT2D eigenvalue weighted by Gasteiger charge is 2.50. The number of halogens is 1. The molecule has 0 aliphatic carbocycles. The average molecular weight is 500 g/mol. The van der Waals surface area contributed by atoms with Crippen molar-refractivity contribution < 1.29 is 24.2 Å². The predicted octanol–water partition coefficient (Wildman–Crippen LogP) is 5.98. The van der Waals surface area contributed by atoms with Gasteiger partial charge in [0.25, 0.3) is 0 Å². The van der Waals surface area contributed by atoms with Crippen LogP contribution in [0.1, 0.15) is 22.0 Å². The van der Waals surface area contributed by atoms with E-state index in [0.29, 0.717) is 16.8 Å². The van der Waals surface area contributed by atoms with Gasteiger partial charge in [0.05, 0.1) is 11.8 Å². The van der Waals surface area contributed by atoms with Crippen LogP contribution in [0.25, 0.3) is 11.1 Å². The third-order valence-corrected chi connectivity index (χ3v) is 7.42. The lowest BCUT2D eigenvalue weighted by atomic mass is 9.90. The number of rotatable bonds is 7. The quantitative estimate of drug-likeness (QED) is 0.242. The standard InChI is InChI=1S/C29H22FNO4S/c30-21-12-9-18(10-13-21)26(34)17-36-28-27(31(29(28)35)22-6-2-1-3-7-22)24-14-11-20(16-25(24)33)19-5-4-8-23(32)15-19/h1-16,27-28,32-33H,17H2. The minimum Gasteiger partial charge on any atom is -0.508 e. The number of phenols is 2. The minimum absolute atomic E-state index is 0.0183. The van der Waals surface area contributed by atoms with Crippen molar-refractivity contribution in [3.8, 4) is 22.6 Å². The number of Topliss-reactive ketones (excluding diaryl/α,β-unsaturated/α-hetero) is 1. The maximum atomic E-state index is 13.2. The first-order valence-electron chi connectivity index (χ1n) is 11.3. The summed E-state index contributed by atoms with van der Waals surface area (Å²) in [7, 11) is 0. The molecule has 1 heterocycles. The van der Waals surface area contributed by atoms with Crippen LogP contribution in [0, 0.1) is 5.82 Å². The summed E-state index contributed by atoms with van der Waals surface area (Å²) in [5.74, 6) is -0.587. The van der Waals surface area contributed by atoms with Gasteiger partial charge in [-0.3, -0.25) is 9.59 Å². The minimum atomic E-state index is -0.577. The van der Waals surface area contributed by atoms with Crippen molar-refractivity contribution in [1.29, 1.82) is 0 Å². The van der Waals surface area contributed by atoms with Crippen LogP contribution in [0.5, 0.6) is 11.5 Å². The molecule has 0 spiro atoms. The van der Waals surface area contributed by atoms with Crippen LogP contribution < -0.4 is 4.90 Å². The average Bonchev–Trinajstić information content (AvgIpc) is 2.88. The van der Waals surface area contributed by atoms with Crippen molar-refractivity contribution in [2.45, 2.75) is 11.3 Å². The van der Waals surface area contributed by atoms with E-state index in [4.69, 9.17) is 0 Å². The van der Waals surface area contributed by atoms with Crippen LogP contribution in [0.4, 0.5) is 10.1 Å². The Kier molecular flexibility index (Phi) is 6.48. The van der Waals surface area contributed by atoms with Gasteiger partial charge in [-0.25, -0.2) is 4.39 Å². The molecule has 2 atom stereocenters. The summed E-state index contributed by atoms with van der Waals surface area (Å²) in [6.45, 7) is 0. The number of carbonyl (C=O) groups is 2. The number of phenolic OH excluding ortho intramolecular Hbond substituents is 2. The van der Waals surface area contributed by atoms with Crippen molar-refractivity contribution in [3.63, 3.8) is 0 Å². The highest BCUT2D eigenvalue weighted by molar-refractivity contribution is 8.01. The Labute approximate surface area is 211 Å². The zero-order chi connectivity index (χ0) is 25.2. The first kappa shape index (κ1) is 23.6. The third-order valence-electron chi connectivity index (χ3n) is 6.17. The Bertz CT molecular complexity index is 1430. The molecule has 1 saturated heterocycles. The number of amides is 1. The molecular weight excluding hydrogens is 477 g/mol. The number of hydrogen-bond donors (Lipinski definition) is 2. The highest BCUT2D eigenvalue weighted by atomic mass is 32.2. The van der Waals surface area contributed by atoms with Gasteiger partial charge in [-0.1, -0.05) is 42.5 Å². The van der Waals surface area contributed by atoms with Gasteiger partial charge in [-0.15, -0.1) is 11.8 Å². The first-order chi connectivity index (χ1) is 17.4. The molecule has 36 heavy (non-hydrogen) atoms. The van der Waals surface area contributed by atoms with Crippen molar-refractivity contribution in [1.82, 2.24) is 0 Å². The number of benzene rings is 4. The Hall–Kier alpha value is -4.10. The molecule has 7 heteroatoms. The second-order valence-electron chi connectivity index (χ2n) is 8.47. The van der Waals surface area contributed by atoms with E-state index in [-0.39, 0.29) is 28.9 Å². The maximum Gasteiger partial charge on any atom is 0.243 e. The molecule has 1 aliphatic rings. The number of carbonyl (C=O) groups excluding carboxylic acids is 2. The van der Waals surface area contributed by atoms with Crippen LogP contribution in [0.15, 0.2) is 97.1 Å². The Morgan fingerprint density at radius 1 is 0.861 bits per heavy atom. The van der Waals surface area contributed by atoms with E-state index >= 15 is 0 Å². The molecule has 2 N–H and O–H groups in total. The first-order valence-corrected chi connectivity index (χ1v) is 12.4. The molecule has 0 radical (unpaired) electrons. The molecular formula is C29H22FNO4S. The molecule has 0 saturated carbocycles. The van der Waals surface area contributed by atoms with Crippen LogP contribution in [-0.2, 0) is 4.79 Å². The number of β-lactam (4-membered cyclic amide) rings is 1. The van der Waals surface area contributed by atoms with Crippen LogP contribution in [-0.4, -0.2) is 32.9 Å². The second kappa shape index (κ2) is 9.87. The molecule has 1 amide bonds. The Balaban J connectivity index is 1.43. The number of para-hydroxylation sites is 1. The zero-order valence-electron chi connectivity index (χ0n) is 19.0.